The van der Waals surface area contributed by atoms with Gasteiger partial charge in [-0.2, -0.15) is 0 Å². The highest BCUT2D eigenvalue weighted by atomic mass is 35.5. The zero-order chi connectivity index (χ0) is 16.0. The first-order valence-electron chi connectivity index (χ1n) is 8.07. The number of likely N-dealkylation sites (tertiary alicyclic amines) is 1. The normalized spacial score (nSPS) is 28.8. The van der Waals surface area contributed by atoms with Crippen LogP contribution in [0.5, 0.6) is 0 Å². The number of rotatable bonds is 4. The number of quaternary nitrogens is 1. The van der Waals surface area contributed by atoms with Crippen LogP contribution in [0.3, 0.4) is 0 Å². The minimum Gasteiger partial charge on any atom is -0.626 e. The number of hydroxylamine groups is 2. The molecule has 4 nitrogen and oxygen atoms in total. The van der Waals surface area contributed by atoms with E-state index in [1.54, 1.807) is 0 Å². The van der Waals surface area contributed by atoms with Crippen molar-refractivity contribution in [2.24, 2.45) is 5.41 Å². The van der Waals surface area contributed by atoms with Crippen LogP contribution in [0.2, 0.25) is 5.02 Å². The highest BCUT2D eigenvalue weighted by Gasteiger charge is 2.36. The molecule has 0 N–H and O–H groups in total. The van der Waals surface area contributed by atoms with Gasteiger partial charge in [0.1, 0.15) is 12.4 Å². The third kappa shape index (κ3) is 3.31. The van der Waals surface area contributed by atoms with Gasteiger partial charge in [0, 0.05) is 37.3 Å². The summed E-state index contributed by atoms with van der Waals surface area (Å²) in [4.78, 5) is 4.76. The summed E-state index contributed by atoms with van der Waals surface area (Å²) in [5.41, 5.74) is 2.28. The fraction of sp³-hybridized carbons (Fsp3) is 0.647. The number of benzene rings is 1. The molecule has 2 fully saturated rings. The van der Waals surface area contributed by atoms with Crippen LogP contribution >= 0.6 is 11.6 Å². The number of nitrogens with zero attached hydrogens (tertiary/aromatic N) is 3. The molecule has 22 heavy (non-hydrogen) atoms. The van der Waals surface area contributed by atoms with Gasteiger partial charge in [-0.25, -0.2) is 4.90 Å². The van der Waals surface area contributed by atoms with E-state index in [0.717, 1.165) is 30.9 Å². The molecule has 5 heteroatoms. The molecule has 0 spiro atoms. The standard InChI is InChI=1S/C17H26ClN3O/c1-14-4-5-15(10-16(14)18)21(22)9-8-19(13-21)6-7-20-11-17(2,3)12-20/h4-5,10H,6-9,11-13H2,1-3H3. The van der Waals surface area contributed by atoms with E-state index in [-0.39, 0.29) is 4.65 Å². The van der Waals surface area contributed by atoms with Crippen molar-refractivity contribution < 1.29 is 0 Å². The maximum absolute atomic E-state index is 13.0. The van der Waals surface area contributed by atoms with Gasteiger partial charge in [0.05, 0.1) is 13.1 Å². The first-order valence-corrected chi connectivity index (χ1v) is 8.45. The van der Waals surface area contributed by atoms with Crippen molar-refractivity contribution in [3.05, 3.63) is 34.0 Å². The van der Waals surface area contributed by atoms with Crippen molar-refractivity contribution in [1.29, 1.82) is 0 Å². The number of hydrogen-bond acceptors (Lipinski definition) is 3. The maximum atomic E-state index is 13.0. The molecular weight excluding hydrogens is 298 g/mol. The quantitative estimate of drug-likeness (QED) is 0.630. The molecule has 2 saturated heterocycles. The number of halogens is 1. The van der Waals surface area contributed by atoms with E-state index >= 15 is 0 Å². The zero-order valence-corrected chi connectivity index (χ0v) is 14.6. The molecule has 3 rings (SSSR count). The first-order chi connectivity index (χ1) is 10.3. The van der Waals surface area contributed by atoms with E-state index in [2.05, 4.69) is 23.6 Å². The second-order valence-corrected chi connectivity index (χ2v) is 8.09. The molecule has 1 aromatic rings. The Hall–Kier alpha value is -0.650. The molecule has 2 aliphatic heterocycles. The fourth-order valence-electron chi connectivity index (χ4n) is 3.60. The summed E-state index contributed by atoms with van der Waals surface area (Å²) in [5, 5.41) is 13.7. The lowest BCUT2D eigenvalue weighted by Gasteiger charge is -2.46. The van der Waals surface area contributed by atoms with E-state index in [1.165, 1.54) is 13.1 Å². The Labute approximate surface area is 138 Å². The Morgan fingerprint density at radius 3 is 2.55 bits per heavy atom. The smallest absolute Gasteiger partial charge is 0.139 e. The number of hydrogen-bond donors (Lipinski definition) is 0. The van der Waals surface area contributed by atoms with Crippen molar-refractivity contribution in [1.82, 2.24) is 14.4 Å². The van der Waals surface area contributed by atoms with Crippen molar-refractivity contribution in [2.45, 2.75) is 20.8 Å². The molecule has 1 atom stereocenters. The van der Waals surface area contributed by atoms with E-state index in [9.17, 15) is 5.21 Å². The van der Waals surface area contributed by atoms with Gasteiger partial charge >= 0.3 is 0 Å². The molecule has 0 radical (unpaired) electrons. The van der Waals surface area contributed by atoms with Crippen LogP contribution < -0.4 is 4.65 Å². The minimum atomic E-state index is -0.272. The summed E-state index contributed by atoms with van der Waals surface area (Å²) >= 11 is 6.18. The summed E-state index contributed by atoms with van der Waals surface area (Å²) in [7, 11) is 0. The minimum absolute atomic E-state index is 0.272. The van der Waals surface area contributed by atoms with Crippen molar-refractivity contribution in [2.75, 3.05) is 45.9 Å². The van der Waals surface area contributed by atoms with Gasteiger partial charge in [0.15, 0.2) is 0 Å². The highest BCUT2D eigenvalue weighted by molar-refractivity contribution is 6.31. The average Bonchev–Trinajstić information content (AvgIpc) is 2.80. The predicted molar refractivity (Wildman–Crippen MR) is 92.9 cm³/mol. The van der Waals surface area contributed by atoms with Crippen LogP contribution in [0.4, 0.5) is 5.69 Å². The van der Waals surface area contributed by atoms with Crippen LogP contribution in [-0.2, 0) is 0 Å². The van der Waals surface area contributed by atoms with Crippen LogP contribution in [0, 0.1) is 17.5 Å². The lowest BCUT2D eigenvalue weighted by atomic mass is 9.84. The van der Waals surface area contributed by atoms with Gasteiger partial charge < -0.3 is 14.8 Å². The second-order valence-electron chi connectivity index (χ2n) is 7.68. The fourth-order valence-corrected chi connectivity index (χ4v) is 3.78. The molecule has 0 aromatic heterocycles. The Kier molecular flexibility index (Phi) is 4.25. The van der Waals surface area contributed by atoms with E-state index in [4.69, 9.17) is 11.6 Å². The van der Waals surface area contributed by atoms with Gasteiger partial charge in [0.25, 0.3) is 0 Å². The summed E-state index contributed by atoms with van der Waals surface area (Å²) in [5.74, 6) is 0. The first kappa shape index (κ1) is 16.2. The second kappa shape index (κ2) is 5.77. The summed E-state index contributed by atoms with van der Waals surface area (Å²) in [6.07, 6.45) is 0. The zero-order valence-electron chi connectivity index (χ0n) is 13.8. The molecule has 2 heterocycles. The molecule has 0 aliphatic carbocycles. The molecular formula is C17H26ClN3O. The highest BCUT2D eigenvalue weighted by Crippen LogP contribution is 2.31. The number of aryl methyl sites for hydroxylation is 1. The topological polar surface area (TPSA) is 29.5 Å². The van der Waals surface area contributed by atoms with Crippen LogP contribution in [0.1, 0.15) is 19.4 Å². The van der Waals surface area contributed by atoms with Crippen molar-refractivity contribution in [3.8, 4) is 0 Å². The van der Waals surface area contributed by atoms with E-state index in [1.807, 2.05) is 25.1 Å². The molecule has 0 bridgehead atoms. The van der Waals surface area contributed by atoms with Crippen molar-refractivity contribution in [3.63, 3.8) is 0 Å². The SMILES string of the molecule is Cc1ccc([N+]2([O-])CCN(CCN3CC(C)(C)C3)C2)cc1Cl. The van der Waals surface area contributed by atoms with Crippen LogP contribution in [0.15, 0.2) is 18.2 Å². The largest absolute Gasteiger partial charge is 0.626 e. The molecule has 1 aromatic carbocycles. The summed E-state index contributed by atoms with van der Waals surface area (Å²) in [6, 6.07) is 5.71. The monoisotopic (exact) mass is 323 g/mol. The third-order valence-corrected chi connectivity index (χ3v) is 5.27. The van der Waals surface area contributed by atoms with Gasteiger partial charge in [-0.3, -0.25) is 0 Å². The Balaban J connectivity index is 1.55. The lowest BCUT2D eigenvalue weighted by molar-refractivity contribution is 0.0244. The lowest BCUT2D eigenvalue weighted by Crippen LogP contribution is -2.54. The maximum Gasteiger partial charge on any atom is 0.139 e. The Bertz CT molecular complexity index is 555. The molecule has 0 saturated carbocycles. The van der Waals surface area contributed by atoms with Gasteiger partial charge in [0.2, 0.25) is 0 Å². The van der Waals surface area contributed by atoms with Gasteiger partial charge in [-0.05, 0) is 24.0 Å². The summed E-state index contributed by atoms with van der Waals surface area (Å²) < 4.78 is -0.272. The summed E-state index contributed by atoms with van der Waals surface area (Å²) in [6.45, 7) is 13.0. The van der Waals surface area contributed by atoms with Gasteiger partial charge in [-0.1, -0.05) is 31.5 Å². The molecule has 1 unspecified atom stereocenters. The third-order valence-electron chi connectivity index (χ3n) is 4.87. The molecule has 2 aliphatic rings. The predicted octanol–water partition coefficient (Wildman–Crippen LogP) is 3.07. The molecule has 122 valence electrons. The van der Waals surface area contributed by atoms with Crippen LogP contribution in [0.25, 0.3) is 0 Å². The van der Waals surface area contributed by atoms with E-state index < -0.39 is 0 Å². The van der Waals surface area contributed by atoms with E-state index in [0.29, 0.717) is 23.7 Å². The van der Waals surface area contributed by atoms with Crippen molar-refractivity contribution >= 4 is 17.3 Å². The average molecular weight is 324 g/mol. The van der Waals surface area contributed by atoms with Crippen LogP contribution in [-0.4, -0.2) is 55.7 Å². The Morgan fingerprint density at radius 1 is 1.23 bits per heavy atom. The van der Waals surface area contributed by atoms with Gasteiger partial charge in [-0.15, -0.1) is 0 Å². The molecule has 0 amide bonds. The Morgan fingerprint density at radius 2 is 1.91 bits per heavy atom.